The molecule has 0 aliphatic heterocycles. The summed E-state index contributed by atoms with van der Waals surface area (Å²) in [7, 11) is 0. The SMILES string of the molecule is CCC(CCO)NC1(CN)CCC1. The Morgan fingerprint density at radius 3 is 2.54 bits per heavy atom. The maximum absolute atomic E-state index is 8.86. The second-order valence-corrected chi connectivity index (χ2v) is 4.10. The van der Waals surface area contributed by atoms with Crippen molar-refractivity contribution in [2.45, 2.75) is 50.6 Å². The second kappa shape index (κ2) is 4.94. The maximum atomic E-state index is 8.86. The Labute approximate surface area is 80.7 Å². The van der Waals surface area contributed by atoms with E-state index in [9.17, 15) is 0 Å². The minimum Gasteiger partial charge on any atom is -0.396 e. The van der Waals surface area contributed by atoms with Crippen molar-refractivity contribution in [2.24, 2.45) is 5.73 Å². The molecule has 1 rings (SSSR count). The van der Waals surface area contributed by atoms with Crippen LogP contribution in [0.1, 0.15) is 39.0 Å². The zero-order valence-corrected chi connectivity index (χ0v) is 8.55. The largest absolute Gasteiger partial charge is 0.396 e. The van der Waals surface area contributed by atoms with Gasteiger partial charge >= 0.3 is 0 Å². The van der Waals surface area contributed by atoms with Gasteiger partial charge in [-0.05, 0) is 32.1 Å². The average molecular weight is 186 g/mol. The van der Waals surface area contributed by atoms with Gasteiger partial charge in [-0.3, -0.25) is 0 Å². The molecule has 0 aromatic carbocycles. The first kappa shape index (κ1) is 11.0. The summed E-state index contributed by atoms with van der Waals surface area (Å²) in [6.45, 7) is 3.15. The van der Waals surface area contributed by atoms with Gasteiger partial charge in [0.05, 0.1) is 0 Å². The Balaban J connectivity index is 2.34. The summed E-state index contributed by atoms with van der Waals surface area (Å²) < 4.78 is 0. The van der Waals surface area contributed by atoms with Crippen LogP contribution < -0.4 is 11.1 Å². The molecular formula is C10H22N2O. The van der Waals surface area contributed by atoms with Crippen LogP contribution in [0.4, 0.5) is 0 Å². The van der Waals surface area contributed by atoms with Crippen molar-refractivity contribution < 1.29 is 5.11 Å². The lowest BCUT2D eigenvalue weighted by Gasteiger charge is -2.44. The summed E-state index contributed by atoms with van der Waals surface area (Å²) in [6.07, 6.45) is 5.61. The predicted molar refractivity (Wildman–Crippen MR) is 54.6 cm³/mol. The lowest BCUT2D eigenvalue weighted by Crippen LogP contribution is -2.59. The van der Waals surface area contributed by atoms with E-state index in [1.807, 2.05) is 0 Å². The Hall–Kier alpha value is -0.120. The van der Waals surface area contributed by atoms with Crippen LogP contribution in [-0.2, 0) is 0 Å². The normalized spacial score (nSPS) is 22.4. The molecule has 78 valence electrons. The van der Waals surface area contributed by atoms with Gasteiger partial charge in [0.1, 0.15) is 0 Å². The maximum Gasteiger partial charge on any atom is 0.0445 e. The van der Waals surface area contributed by atoms with Gasteiger partial charge in [-0.1, -0.05) is 6.92 Å². The van der Waals surface area contributed by atoms with Crippen LogP contribution in [0.5, 0.6) is 0 Å². The number of hydrogen-bond acceptors (Lipinski definition) is 3. The van der Waals surface area contributed by atoms with E-state index in [0.29, 0.717) is 6.04 Å². The summed E-state index contributed by atoms with van der Waals surface area (Å²) in [5.41, 5.74) is 5.95. The Kier molecular flexibility index (Phi) is 4.16. The Bertz CT molecular complexity index is 140. The first-order chi connectivity index (χ1) is 6.26. The first-order valence-electron chi connectivity index (χ1n) is 5.35. The smallest absolute Gasteiger partial charge is 0.0445 e. The number of nitrogens with two attached hydrogens (primary N) is 1. The van der Waals surface area contributed by atoms with E-state index in [0.717, 1.165) is 19.4 Å². The van der Waals surface area contributed by atoms with Crippen LogP contribution in [0, 0.1) is 0 Å². The highest BCUT2D eigenvalue weighted by molar-refractivity contribution is 4.98. The highest BCUT2D eigenvalue weighted by Crippen LogP contribution is 2.31. The Morgan fingerprint density at radius 2 is 2.23 bits per heavy atom. The van der Waals surface area contributed by atoms with Gasteiger partial charge in [-0.15, -0.1) is 0 Å². The molecule has 3 nitrogen and oxygen atoms in total. The number of aliphatic hydroxyl groups excluding tert-OH is 1. The van der Waals surface area contributed by atoms with Gasteiger partial charge in [0, 0.05) is 24.7 Å². The summed E-state index contributed by atoms with van der Waals surface area (Å²) in [4.78, 5) is 0. The molecule has 0 aromatic rings. The number of hydrogen-bond donors (Lipinski definition) is 3. The molecule has 4 N–H and O–H groups in total. The average Bonchev–Trinajstić information content (AvgIpc) is 2.09. The molecule has 1 unspecified atom stereocenters. The van der Waals surface area contributed by atoms with Crippen molar-refractivity contribution in [1.29, 1.82) is 0 Å². The zero-order valence-electron chi connectivity index (χ0n) is 8.55. The van der Waals surface area contributed by atoms with Crippen molar-refractivity contribution in [1.82, 2.24) is 5.32 Å². The van der Waals surface area contributed by atoms with Gasteiger partial charge in [0.15, 0.2) is 0 Å². The third-order valence-corrected chi connectivity index (χ3v) is 3.18. The van der Waals surface area contributed by atoms with E-state index in [1.165, 1.54) is 19.3 Å². The van der Waals surface area contributed by atoms with Gasteiger partial charge < -0.3 is 16.2 Å². The Morgan fingerprint density at radius 1 is 1.54 bits per heavy atom. The van der Waals surface area contributed by atoms with Crippen molar-refractivity contribution in [2.75, 3.05) is 13.2 Å². The minimum absolute atomic E-state index is 0.204. The second-order valence-electron chi connectivity index (χ2n) is 4.10. The van der Waals surface area contributed by atoms with Gasteiger partial charge in [0.2, 0.25) is 0 Å². The molecule has 0 saturated heterocycles. The first-order valence-corrected chi connectivity index (χ1v) is 5.35. The van der Waals surface area contributed by atoms with E-state index in [4.69, 9.17) is 10.8 Å². The lowest BCUT2D eigenvalue weighted by molar-refractivity contribution is 0.154. The topological polar surface area (TPSA) is 58.3 Å². The molecule has 3 heteroatoms. The van der Waals surface area contributed by atoms with Gasteiger partial charge in [0.25, 0.3) is 0 Å². The molecule has 1 aliphatic rings. The molecule has 1 aliphatic carbocycles. The van der Waals surface area contributed by atoms with Crippen LogP contribution in [0.15, 0.2) is 0 Å². The van der Waals surface area contributed by atoms with E-state index < -0.39 is 0 Å². The van der Waals surface area contributed by atoms with Crippen molar-refractivity contribution in [3.63, 3.8) is 0 Å². The summed E-state index contributed by atoms with van der Waals surface area (Å²) >= 11 is 0. The monoisotopic (exact) mass is 186 g/mol. The van der Waals surface area contributed by atoms with Crippen molar-refractivity contribution in [3.05, 3.63) is 0 Å². The minimum atomic E-state index is 0.204. The van der Waals surface area contributed by atoms with Gasteiger partial charge in [-0.25, -0.2) is 0 Å². The van der Waals surface area contributed by atoms with E-state index in [2.05, 4.69) is 12.2 Å². The molecule has 13 heavy (non-hydrogen) atoms. The fourth-order valence-corrected chi connectivity index (χ4v) is 1.98. The predicted octanol–water partition coefficient (Wildman–Crippen LogP) is 0.618. The number of aliphatic hydroxyl groups is 1. The highest BCUT2D eigenvalue weighted by Gasteiger charge is 2.36. The summed E-state index contributed by atoms with van der Waals surface area (Å²) in [6, 6.07) is 0.439. The van der Waals surface area contributed by atoms with E-state index >= 15 is 0 Å². The third-order valence-electron chi connectivity index (χ3n) is 3.18. The third kappa shape index (κ3) is 2.66. The fraction of sp³-hybridized carbons (Fsp3) is 1.00. The number of nitrogens with one attached hydrogen (secondary N) is 1. The zero-order chi connectivity index (χ0) is 9.73. The fourth-order valence-electron chi connectivity index (χ4n) is 1.98. The lowest BCUT2D eigenvalue weighted by atomic mass is 9.76. The molecule has 1 atom stereocenters. The molecule has 1 saturated carbocycles. The summed E-state index contributed by atoms with van der Waals surface area (Å²) in [5, 5.41) is 12.4. The molecule has 0 aromatic heterocycles. The molecule has 0 heterocycles. The molecule has 0 radical (unpaired) electrons. The standard InChI is InChI=1S/C10H22N2O/c1-2-9(4-7-13)12-10(8-11)5-3-6-10/h9,12-13H,2-8,11H2,1H3. The van der Waals surface area contributed by atoms with Crippen molar-refractivity contribution in [3.8, 4) is 0 Å². The van der Waals surface area contributed by atoms with E-state index in [1.54, 1.807) is 0 Å². The summed E-state index contributed by atoms with van der Waals surface area (Å²) in [5.74, 6) is 0. The molecule has 1 fully saturated rings. The quantitative estimate of drug-likeness (QED) is 0.570. The van der Waals surface area contributed by atoms with Crippen LogP contribution in [0.2, 0.25) is 0 Å². The number of rotatable bonds is 6. The van der Waals surface area contributed by atoms with Gasteiger partial charge in [-0.2, -0.15) is 0 Å². The molecular weight excluding hydrogens is 164 g/mol. The van der Waals surface area contributed by atoms with E-state index in [-0.39, 0.29) is 12.1 Å². The highest BCUT2D eigenvalue weighted by atomic mass is 16.3. The molecule has 0 amide bonds. The van der Waals surface area contributed by atoms with Crippen LogP contribution in [-0.4, -0.2) is 29.8 Å². The van der Waals surface area contributed by atoms with Crippen LogP contribution in [0.3, 0.4) is 0 Å². The molecule has 0 spiro atoms. The van der Waals surface area contributed by atoms with Crippen LogP contribution in [0.25, 0.3) is 0 Å². The van der Waals surface area contributed by atoms with Crippen LogP contribution >= 0.6 is 0 Å². The van der Waals surface area contributed by atoms with Crippen molar-refractivity contribution >= 4 is 0 Å². The molecule has 0 bridgehead atoms.